The van der Waals surface area contributed by atoms with E-state index in [1.54, 1.807) is 19.3 Å². The summed E-state index contributed by atoms with van der Waals surface area (Å²) in [5.74, 6) is -0.874. The number of benzene rings is 1. The lowest BCUT2D eigenvalue weighted by Crippen LogP contribution is -2.06. The van der Waals surface area contributed by atoms with Crippen molar-refractivity contribution in [3.8, 4) is 22.5 Å². The van der Waals surface area contributed by atoms with Gasteiger partial charge in [-0.2, -0.15) is 0 Å². The van der Waals surface area contributed by atoms with Crippen molar-refractivity contribution < 1.29 is 14.3 Å². The lowest BCUT2D eigenvalue weighted by molar-refractivity contribution is -0.138. The fourth-order valence-corrected chi connectivity index (χ4v) is 2.57. The van der Waals surface area contributed by atoms with Gasteiger partial charge in [0.05, 0.1) is 12.2 Å². The van der Waals surface area contributed by atoms with Crippen LogP contribution in [-0.4, -0.2) is 11.1 Å². The fraction of sp³-hybridized carbons (Fsp3) is 0.118. The molecule has 1 aromatic rings. The van der Waals surface area contributed by atoms with Crippen LogP contribution in [-0.2, 0) is 4.79 Å². The third kappa shape index (κ3) is 2.41. The minimum absolute atomic E-state index is 0.623. The summed E-state index contributed by atoms with van der Waals surface area (Å²) in [6.07, 6.45) is 1.56. The van der Waals surface area contributed by atoms with E-state index in [0.29, 0.717) is 16.3 Å². The number of aliphatic carboxylic acids is 1. The van der Waals surface area contributed by atoms with E-state index in [2.05, 4.69) is 0 Å². The number of halogens is 1. The zero-order valence-corrected chi connectivity index (χ0v) is 12.1. The standard InChI is InChI=1S/C17H13ClO3/c1-10(17(19)20)14-9-15(11-4-6-12(18)7-5-11)13-3-2-8-21-16(13)14/h2-10H,1H3,(H,19,20). The lowest BCUT2D eigenvalue weighted by Gasteiger charge is -2.06. The van der Waals surface area contributed by atoms with Gasteiger partial charge in [-0.25, -0.2) is 0 Å². The maximum Gasteiger partial charge on any atom is 0.310 e. The average Bonchev–Trinajstić information content (AvgIpc) is 2.87. The monoisotopic (exact) mass is 300 g/mol. The van der Waals surface area contributed by atoms with Gasteiger partial charge < -0.3 is 9.52 Å². The maximum absolute atomic E-state index is 11.3. The number of rotatable bonds is 3. The van der Waals surface area contributed by atoms with Gasteiger partial charge >= 0.3 is 5.97 Å². The zero-order valence-electron chi connectivity index (χ0n) is 11.3. The predicted octanol–water partition coefficient (Wildman–Crippen LogP) is 4.89. The van der Waals surface area contributed by atoms with E-state index in [4.69, 9.17) is 16.0 Å². The third-order valence-electron chi connectivity index (χ3n) is 3.62. The number of carboxylic acid groups (broad SMARTS) is 1. The number of hydrogen-bond acceptors (Lipinski definition) is 2. The molecule has 3 nitrogen and oxygen atoms in total. The molecule has 1 aliphatic carbocycles. The van der Waals surface area contributed by atoms with Gasteiger partial charge in [0.1, 0.15) is 5.76 Å². The molecule has 0 spiro atoms. The first-order valence-electron chi connectivity index (χ1n) is 6.57. The molecule has 3 rings (SSSR count). The van der Waals surface area contributed by atoms with Crippen LogP contribution in [0.1, 0.15) is 18.4 Å². The van der Waals surface area contributed by atoms with E-state index in [1.807, 2.05) is 36.4 Å². The van der Waals surface area contributed by atoms with E-state index in [-0.39, 0.29) is 0 Å². The molecular formula is C17H13ClO3. The molecule has 2 aliphatic rings. The number of carbonyl (C=O) groups is 1. The van der Waals surface area contributed by atoms with Crippen LogP contribution in [0, 0.1) is 0 Å². The van der Waals surface area contributed by atoms with Gasteiger partial charge in [-0.15, -0.1) is 0 Å². The number of carboxylic acids is 1. The molecule has 0 aromatic heterocycles. The Hall–Kier alpha value is -2.26. The molecule has 0 bridgehead atoms. The van der Waals surface area contributed by atoms with Crippen LogP contribution >= 0.6 is 11.6 Å². The molecule has 106 valence electrons. The Morgan fingerprint density at radius 1 is 1.19 bits per heavy atom. The van der Waals surface area contributed by atoms with Crippen LogP contribution in [0.4, 0.5) is 0 Å². The summed E-state index contributed by atoms with van der Waals surface area (Å²) in [4.78, 5) is 11.3. The van der Waals surface area contributed by atoms with Crippen molar-refractivity contribution in [3.63, 3.8) is 0 Å². The molecule has 21 heavy (non-hydrogen) atoms. The van der Waals surface area contributed by atoms with E-state index >= 15 is 0 Å². The van der Waals surface area contributed by atoms with Crippen molar-refractivity contribution in [2.24, 2.45) is 0 Å². The van der Waals surface area contributed by atoms with Crippen LogP contribution in [0.25, 0.3) is 22.5 Å². The highest BCUT2D eigenvalue weighted by Crippen LogP contribution is 2.42. The highest BCUT2D eigenvalue weighted by Gasteiger charge is 2.26. The summed E-state index contributed by atoms with van der Waals surface area (Å²) in [6.45, 7) is 1.66. The fourth-order valence-electron chi connectivity index (χ4n) is 2.44. The van der Waals surface area contributed by atoms with Gasteiger partial charge in [-0.1, -0.05) is 23.7 Å². The van der Waals surface area contributed by atoms with Crippen molar-refractivity contribution in [3.05, 3.63) is 59.3 Å². The molecule has 1 N–H and O–H groups in total. The Kier molecular flexibility index (Phi) is 3.43. The first-order chi connectivity index (χ1) is 10.1. The predicted molar refractivity (Wildman–Crippen MR) is 81.8 cm³/mol. The van der Waals surface area contributed by atoms with E-state index in [1.165, 1.54) is 0 Å². The largest absolute Gasteiger partial charge is 0.481 e. The maximum atomic E-state index is 11.3. The molecule has 1 aliphatic heterocycles. The minimum Gasteiger partial charge on any atom is -0.481 e. The second kappa shape index (κ2) is 5.26. The quantitative estimate of drug-likeness (QED) is 0.749. The molecule has 0 saturated heterocycles. The summed E-state index contributed by atoms with van der Waals surface area (Å²) in [5.41, 5.74) is 3.52. The smallest absolute Gasteiger partial charge is 0.310 e. The Balaban J connectivity index is 2.19. The first-order valence-corrected chi connectivity index (χ1v) is 6.94. The van der Waals surface area contributed by atoms with Crippen molar-refractivity contribution in [1.29, 1.82) is 0 Å². The topological polar surface area (TPSA) is 50.4 Å². The molecule has 0 saturated carbocycles. The summed E-state index contributed by atoms with van der Waals surface area (Å²) >= 11 is 5.92. The second-order valence-corrected chi connectivity index (χ2v) is 5.37. The number of hydrogen-bond donors (Lipinski definition) is 1. The zero-order chi connectivity index (χ0) is 15.0. The summed E-state index contributed by atoms with van der Waals surface area (Å²) < 4.78 is 5.55. The molecule has 0 amide bonds. The second-order valence-electron chi connectivity index (χ2n) is 4.94. The van der Waals surface area contributed by atoms with Gasteiger partial charge in [0.15, 0.2) is 0 Å². The van der Waals surface area contributed by atoms with Gasteiger partial charge in [0.2, 0.25) is 0 Å². The minimum atomic E-state index is -0.872. The van der Waals surface area contributed by atoms with Gasteiger partial charge in [0.25, 0.3) is 0 Å². The van der Waals surface area contributed by atoms with Crippen LogP contribution in [0.5, 0.6) is 0 Å². The molecule has 0 radical (unpaired) electrons. The van der Waals surface area contributed by atoms with E-state index in [0.717, 1.165) is 16.7 Å². The summed E-state index contributed by atoms with van der Waals surface area (Å²) in [6, 6.07) is 13.1. The number of fused-ring (bicyclic) bond motifs is 1. The lowest BCUT2D eigenvalue weighted by atomic mass is 10.0. The normalized spacial score (nSPS) is 12.5. The molecule has 1 atom stereocenters. The molecule has 4 heteroatoms. The van der Waals surface area contributed by atoms with Crippen LogP contribution in [0.3, 0.4) is 0 Å². The Morgan fingerprint density at radius 2 is 1.90 bits per heavy atom. The molecule has 1 aromatic carbocycles. The molecule has 1 unspecified atom stereocenters. The van der Waals surface area contributed by atoms with E-state index < -0.39 is 11.9 Å². The van der Waals surface area contributed by atoms with Gasteiger partial charge in [-0.3, -0.25) is 4.79 Å². The first kappa shape index (κ1) is 13.7. The van der Waals surface area contributed by atoms with Gasteiger partial charge in [-0.05, 0) is 48.4 Å². The van der Waals surface area contributed by atoms with Crippen LogP contribution < -0.4 is 0 Å². The van der Waals surface area contributed by atoms with Gasteiger partial charge in [0, 0.05) is 16.1 Å². The Labute approximate surface area is 127 Å². The third-order valence-corrected chi connectivity index (χ3v) is 3.87. The average molecular weight is 301 g/mol. The summed E-state index contributed by atoms with van der Waals surface area (Å²) in [7, 11) is 0. The van der Waals surface area contributed by atoms with E-state index in [9.17, 15) is 9.90 Å². The van der Waals surface area contributed by atoms with Crippen LogP contribution in [0.15, 0.2) is 53.1 Å². The van der Waals surface area contributed by atoms with Crippen molar-refractivity contribution in [1.82, 2.24) is 0 Å². The Bertz CT molecular complexity index is 758. The highest BCUT2D eigenvalue weighted by molar-refractivity contribution is 6.30. The van der Waals surface area contributed by atoms with Crippen molar-refractivity contribution in [2.45, 2.75) is 12.8 Å². The summed E-state index contributed by atoms with van der Waals surface area (Å²) in [5, 5.41) is 9.92. The molecule has 1 heterocycles. The van der Waals surface area contributed by atoms with Crippen molar-refractivity contribution >= 4 is 17.6 Å². The highest BCUT2D eigenvalue weighted by atomic mass is 35.5. The molecule has 0 fully saturated rings. The van der Waals surface area contributed by atoms with Crippen molar-refractivity contribution in [2.75, 3.05) is 0 Å². The SMILES string of the molecule is CC(C(=O)O)c1cc(-c2ccc(Cl)cc2)c2cccoc1-2. The van der Waals surface area contributed by atoms with Crippen LogP contribution in [0.2, 0.25) is 5.02 Å². The molecular weight excluding hydrogens is 288 g/mol. The Morgan fingerprint density at radius 3 is 2.57 bits per heavy atom.